The van der Waals surface area contributed by atoms with Crippen LogP contribution in [-0.4, -0.2) is 6.04 Å². The Bertz CT molecular complexity index is 661. The Labute approximate surface area is 114 Å². The normalized spacial score (nSPS) is 24.2. The zero-order valence-corrected chi connectivity index (χ0v) is 11.3. The molecule has 2 atom stereocenters. The van der Waals surface area contributed by atoms with Gasteiger partial charge in [-0.1, -0.05) is 49.7 Å². The molecule has 0 aliphatic heterocycles. The molecule has 4 rings (SSSR count). The lowest BCUT2D eigenvalue weighted by molar-refractivity contribution is 0.225. The molecule has 2 aromatic carbocycles. The fourth-order valence-corrected chi connectivity index (χ4v) is 3.51. The van der Waals surface area contributed by atoms with E-state index in [1.165, 1.54) is 46.9 Å². The molecule has 96 valence electrons. The van der Waals surface area contributed by atoms with Crippen molar-refractivity contribution in [2.45, 2.75) is 32.2 Å². The maximum atomic E-state index is 3.78. The van der Waals surface area contributed by atoms with Crippen LogP contribution in [0.15, 0.2) is 36.4 Å². The van der Waals surface area contributed by atoms with Crippen LogP contribution in [0.5, 0.6) is 0 Å². The fourth-order valence-electron chi connectivity index (χ4n) is 3.51. The summed E-state index contributed by atoms with van der Waals surface area (Å²) in [6.07, 6.45) is 6.32. The Morgan fingerprint density at radius 3 is 2.68 bits per heavy atom. The van der Waals surface area contributed by atoms with Crippen LogP contribution in [0.1, 0.15) is 37.3 Å². The smallest absolute Gasteiger partial charge is 0.0428 e. The van der Waals surface area contributed by atoms with Gasteiger partial charge in [0, 0.05) is 17.3 Å². The minimum absolute atomic E-state index is 0.681. The Hall–Kier alpha value is -1.76. The summed E-state index contributed by atoms with van der Waals surface area (Å²) >= 11 is 0. The van der Waals surface area contributed by atoms with Gasteiger partial charge >= 0.3 is 0 Å². The highest BCUT2D eigenvalue weighted by molar-refractivity contribution is 6.08. The highest BCUT2D eigenvalue weighted by atomic mass is 15.0. The van der Waals surface area contributed by atoms with Crippen molar-refractivity contribution in [3.8, 4) is 0 Å². The Kier molecular flexibility index (Phi) is 2.41. The second-order valence-corrected chi connectivity index (χ2v) is 5.81. The van der Waals surface area contributed by atoms with E-state index in [-0.39, 0.29) is 0 Å². The van der Waals surface area contributed by atoms with E-state index < -0.39 is 0 Å². The monoisotopic (exact) mass is 249 g/mol. The summed E-state index contributed by atoms with van der Waals surface area (Å²) < 4.78 is 0. The number of rotatable bonds is 3. The van der Waals surface area contributed by atoms with Crippen molar-refractivity contribution in [3.05, 3.63) is 47.5 Å². The topological polar surface area (TPSA) is 12.0 Å². The van der Waals surface area contributed by atoms with Crippen molar-refractivity contribution < 1.29 is 0 Å². The van der Waals surface area contributed by atoms with Crippen molar-refractivity contribution in [1.82, 2.24) is 5.32 Å². The Morgan fingerprint density at radius 1 is 1.11 bits per heavy atom. The molecule has 0 amide bonds. The van der Waals surface area contributed by atoms with Crippen LogP contribution in [-0.2, 0) is 0 Å². The summed E-state index contributed by atoms with van der Waals surface area (Å²) in [6, 6.07) is 13.9. The van der Waals surface area contributed by atoms with Crippen molar-refractivity contribution in [3.63, 3.8) is 0 Å². The van der Waals surface area contributed by atoms with Gasteiger partial charge in [0.05, 0.1) is 0 Å². The van der Waals surface area contributed by atoms with E-state index in [0.717, 1.165) is 5.92 Å². The first-order chi connectivity index (χ1) is 9.36. The van der Waals surface area contributed by atoms with Gasteiger partial charge in [0.25, 0.3) is 0 Å². The molecule has 1 saturated carbocycles. The van der Waals surface area contributed by atoms with Gasteiger partial charge in [-0.2, -0.15) is 0 Å². The van der Waals surface area contributed by atoms with Crippen LogP contribution in [0.25, 0.3) is 22.5 Å². The lowest BCUT2D eigenvalue weighted by Gasteiger charge is -2.37. The summed E-state index contributed by atoms with van der Waals surface area (Å²) in [4.78, 5) is 0. The van der Waals surface area contributed by atoms with E-state index in [1.807, 2.05) is 0 Å². The van der Waals surface area contributed by atoms with Gasteiger partial charge in [-0.25, -0.2) is 0 Å². The van der Waals surface area contributed by atoms with Crippen LogP contribution < -0.4 is 5.32 Å². The molecule has 1 unspecified atom stereocenters. The average molecular weight is 249 g/mol. The van der Waals surface area contributed by atoms with Crippen LogP contribution in [0.4, 0.5) is 0 Å². The molecule has 0 radical (unpaired) electrons. The first-order valence-corrected chi connectivity index (χ1v) is 7.37. The maximum Gasteiger partial charge on any atom is 0.0428 e. The summed E-state index contributed by atoms with van der Waals surface area (Å²) in [5, 5.41) is 6.55. The molecule has 2 aromatic rings. The van der Waals surface area contributed by atoms with E-state index in [9.17, 15) is 0 Å². The second kappa shape index (κ2) is 4.12. The van der Waals surface area contributed by atoms with Gasteiger partial charge in [-0.05, 0) is 41.2 Å². The molecule has 0 saturated heterocycles. The van der Waals surface area contributed by atoms with Gasteiger partial charge in [-0.15, -0.1) is 0 Å². The number of hydrogen-bond acceptors (Lipinski definition) is 1. The number of hydrogen-bond donors (Lipinski definition) is 1. The minimum Gasteiger partial charge on any atom is -0.382 e. The van der Waals surface area contributed by atoms with Crippen molar-refractivity contribution in [2.24, 2.45) is 5.92 Å². The molecular formula is C18H19N. The van der Waals surface area contributed by atoms with Crippen LogP contribution in [0, 0.1) is 5.92 Å². The molecule has 1 N–H and O–H groups in total. The van der Waals surface area contributed by atoms with Crippen molar-refractivity contribution >= 4 is 22.5 Å². The van der Waals surface area contributed by atoms with Gasteiger partial charge in [0.1, 0.15) is 0 Å². The molecule has 1 heteroatoms. The van der Waals surface area contributed by atoms with E-state index in [4.69, 9.17) is 0 Å². The molecule has 0 aromatic heterocycles. The van der Waals surface area contributed by atoms with E-state index in [1.54, 1.807) is 0 Å². The van der Waals surface area contributed by atoms with Crippen LogP contribution >= 0.6 is 0 Å². The number of nitrogens with one attached hydrogen (secondary N) is 1. The predicted octanol–water partition coefficient (Wildman–Crippen LogP) is 4.43. The lowest BCUT2D eigenvalue weighted by Crippen LogP contribution is -2.42. The average Bonchev–Trinajstić information content (AvgIpc) is 2.76. The highest BCUT2D eigenvalue weighted by Crippen LogP contribution is 2.38. The van der Waals surface area contributed by atoms with Gasteiger partial charge in [-0.3, -0.25) is 0 Å². The third kappa shape index (κ3) is 1.61. The summed E-state index contributed by atoms with van der Waals surface area (Å²) in [5.74, 6) is 0.865. The summed E-state index contributed by atoms with van der Waals surface area (Å²) in [5.41, 5.74) is 4.08. The molecule has 2 aliphatic carbocycles. The molecule has 1 nitrogen and oxygen atoms in total. The molecule has 2 aliphatic rings. The first kappa shape index (κ1) is 11.1. The quantitative estimate of drug-likeness (QED) is 0.848. The van der Waals surface area contributed by atoms with Gasteiger partial charge < -0.3 is 5.32 Å². The lowest BCUT2D eigenvalue weighted by atomic mass is 9.77. The first-order valence-electron chi connectivity index (χ1n) is 7.37. The Balaban J connectivity index is 1.71. The standard InChI is InChI=1S/C18H19N/c1-2-12-9-10-16(12)19-17-11-14-7-3-5-13-6-4-8-15(17)18(13)14/h3-8,11-12,16,19H,2,9-10H2,1H3/t12-,16?/m1/s1. The number of benzene rings is 2. The zero-order valence-electron chi connectivity index (χ0n) is 11.3. The third-order valence-electron chi connectivity index (χ3n) is 4.81. The van der Waals surface area contributed by atoms with Gasteiger partial charge in [0.15, 0.2) is 0 Å². The maximum absolute atomic E-state index is 3.78. The van der Waals surface area contributed by atoms with Crippen LogP contribution in [0.3, 0.4) is 0 Å². The molecule has 19 heavy (non-hydrogen) atoms. The second-order valence-electron chi connectivity index (χ2n) is 5.81. The molecule has 0 heterocycles. The van der Waals surface area contributed by atoms with Gasteiger partial charge in [0.2, 0.25) is 0 Å². The van der Waals surface area contributed by atoms with E-state index in [0.29, 0.717) is 6.04 Å². The minimum atomic E-state index is 0.681. The van der Waals surface area contributed by atoms with E-state index in [2.05, 4.69) is 54.7 Å². The molecule has 0 spiro atoms. The molecule has 1 fully saturated rings. The SMILES string of the molecule is CC[C@@H]1CCC1NC1=Cc2cccc3cccc1c23. The summed E-state index contributed by atoms with van der Waals surface area (Å²) in [7, 11) is 0. The summed E-state index contributed by atoms with van der Waals surface area (Å²) in [6.45, 7) is 2.30. The van der Waals surface area contributed by atoms with Crippen molar-refractivity contribution in [1.29, 1.82) is 0 Å². The predicted molar refractivity (Wildman–Crippen MR) is 81.8 cm³/mol. The highest BCUT2D eigenvalue weighted by Gasteiger charge is 2.30. The largest absolute Gasteiger partial charge is 0.382 e. The Morgan fingerprint density at radius 2 is 1.95 bits per heavy atom. The third-order valence-corrected chi connectivity index (χ3v) is 4.81. The zero-order chi connectivity index (χ0) is 12.8. The molecule has 0 bridgehead atoms. The van der Waals surface area contributed by atoms with E-state index >= 15 is 0 Å². The van der Waals surface area contributed by atoms with Crippen LogP contribution in [0.2, 0.25) is 0 Å². The fraction of sp³-hybridized carbons (Fsp3) is 0.333. The van der Waals surface area contributed by atoms with Crippen molar-refractivity contribution in [2.75, 3.05) is 0 Å². The molecular weight excluding hydrogens is 230 g/mol.